The molecule has 0 aliphatic carbocycles. The van der Waals surface area contributed by atoms with Crippen LogP contribution in [0.2, 0.25) is 0 Å². The first-order chi connectivity index (χ1) is 18.3. The van der Waals surface area contributed by atoms with Crippen LogP contribution < -0.4 is 5.32 Å². The molecule has 0 bridgehead atoms. The van der Waals surface area contributed by atoms with Gasteiger partial charge in [-0.25, -0.2) is 4.98 Å². The summed E-state index contributed by atoms with van der Waals surface area (Å²) in [6, 6.07) is 30.6. The summed E-state index contributed by atoms with van der Waals surface area (Å²) in [5, 5.41) is 9.80. The van der Waals surface area contributed by atoms with E-state index in [1.165, 1.54) is 44.3 Å². The van der Waals surface area contributed by atoms with Crippen LogP contribution in [0.15, 0.2) is 90.3 Å². The van der Waals surface area contributed by atoms with Crippen molar-refractivity contribution in [3.63, 3.8) is 0 Å². The Morgan fingerprint density at radius 3 is 1.95 bits per heavy atom. The summed E-state index contributed by atoms with van der Waals surface area (Å²) in [5.41, 5.74) is 8.88. The van der Waals surface area contributed by atoms with Crippen molar-refractivity contribution in [3.05, 3.63) is 118 Å². The highest BCUT2D eigenvalue weighted by Gasteiger charge is 2.24. The highest BCUT2D eigenvalue weighted by Crippen LogP contribution is 2.40. The number of hydrogen-bond acceptors (Lipinski definition) is 3. The zero-order chi connectivity index (χ0) is 26.8. The fourth-order valence-electron chi connectivity index (χ4n) is 5.19. The Balaban J connectivity index is 1.63. The van der Waals surface area contributed by atoms with E-state index in [1.807, 2.05) is 0 Å². The van der Waals surface area contributed by atoms with Crippen LogP contribution in [0.25, 0.3) is 22.0 Å². The first-order valence-corrected chi connectivity index (χ1v) is 14.6. The Hall–Kier alpha value is -3.43. The molecule has 5 aromatic rings. The number of anilines is 1. The van der Waals surface area contributed by atoms with E-state index in [2.05, 4.69) is 137 Å². The van der Waals surface area contributed by atoms with Crippen molar-refractivity contribution in [2.24, 2.45) is 0 Å². The summed E-state index contributed by atoms with van der Waals surface area (Å²) in [4.78, 5) is 5.25. The van der Waals surface area contributed by atoms with Crippen molar-refractivity contribution in [2.45, 2.75) is 65.3 Å². The number of aromatic nitrogens is 1. The average molecular weight is 519 g/mol. The van der Waals surface area contributed by atoms with E-state index in [4.69, 9.17) is 4.98 Å². The molecule has 1 unspecified atom stereocenters. The number of nitrogens with one attached hydrogen (secondary N) is 1. The molecule has 0 aliphatic rings. The van der Waals surface area contributed by atoms with Crippen molar-refractivity contribution in [2.75, 3.05) is 5.32 Å². The predicted octanol–water partition coefficient (Wildman–Crippen LogP) is 10.5. The molecule has 2 nitrogen and oxygen atoms in total. The smallest absolute Gasteiger partial charge is 0.120 e. The van der Waals surface area contributed by atoms with Crippen LogP contribution in [0, 0.1) is 0 Å². The largest absolute Gasteiger partial charge is 0.372 e. The molecule has 0 saturated heterocycles. The molecule has 1 aromatic heterocycles. The van der Waals surface area contributed by atoms with E-state index in [1.54, 1.807) is 11.3 Å². The molecule has 0 fully saturated rings. The summed E-state index contributed by atoms with van der Waals surface area (Å²) >= 11 is 1.74. The van der Waals surface area contributed by atoms with Crippen LogP contribution >= 0.6 is 11.3 Å². The van der Waals surface area contributed by atoms with Crippen LogP contribution in [-0.4, -0.2) is 4.98 Å². The second-order valence-corrected chi connectivity index (χ2v) is 12.0. The minimum Gasteiger partial charge on any atom is -0.372 e. The van der Waals surface area contributed by atoms with Crippen LogP contribution in [0.4, 0.5) is 5.69 Å². The first kappa shape index (κ1) is 26.2. The maximum atomic E-state index is 5.25. The lowest BCUT2D eigenvalue weighted by Crippen LogP contribution is -2.16. The van der Waals surface area contributed by atoms with E-state index in [9.17, 15) is 0 Å². The van der Waals surface area contributed by atoms with Gasteiger partial charge < -0.3 is 5.32 Å². The Bertz CT molecular complexity index is 1490. The lowest BCUT2D eigenvalue weighted by atomic mass is 9.87. The highest BCUT2D eigenvalue weighted by atomic mass is 32.1. The molecule has 38 heavy (non-hydrogen) atoms. The van der Waals surface area contributed by atoms with Gasteiger partial charge in [-0.15, -0.1) is 11.3 Å². The third-order valence-electron chi connectivity index (χ3n) is 7.39. The minimum atomic E-state index is -0.0372. The molecule has 0 spiro atoms. The van der Waals surface area contributed by atoms with Gasteiger partial charge in [0.2, 0.25) is 0 Å². The van der Waals surface area contributed by atoms with E-state index in [0.717, 1.165) is 10.7 Å². The van der Waals surface area contributed by atoms with Crippen LogP contribution in [0.3, 0.4) is 0 Å². The quantitative estimate of drug-likeness (QED) is 0.221. The second kappa shape index (κ2) is 11.1. The average Bonchev–Trinajstić information content (AvgIpc) is 3.41. The summed E-state index contributed by atoms with van der Waals surface area (Å²) < 4.78 is 0. The zero-order valence-corrected chi connectivity index (χ0v) is 24.1. The maximum Gasteiger partial charge on any atom is 0.120 e. The molecule has 5 rings (SSSR count). The molecule has 1 heterocycles. The van der Waals surface area contributed by atoms with Crippen LogP contribution in [0.5, 0.6) is 0 Å². The molecular weight excluding hydrogens is 480 g/mol. The number of thiazole rings is 1. The third kappa shape index (κ3) is 5.26. The van der Waals surface area contributed by atoms with Crippen molar-refractivity contribution in [1.82, 2.24) is 4.98 Å². The molecule has 1 atom stereocenters. The third-order valence-corrected chi connectivity index (χ3v) is 8.30. The van der Waals surface area contributed by atoms with E-state index >= 15 is 0 Å². The zero-order valence-electron chi connectivity index (χ0n) is 23.3. The fraction of sp³-hybridized carbons (Fsp3) is 0.286. The molecule has 0 saturated carbocycles. The Kier molecular flexibility index (Phi) is 7.67. The summed E-state index contributed by atoms with van der Waals surface area (Å²) in [7, 11) is 0. The second-order valence-electron chi connectivity index (χ2n) is 11.1. The molecule has 0 amide bonds. The molecule has 4 aromatic carbocycles. The number of benzene rings is 4. The lowest BCUT2D eigenvalue weighted by molar-refractivity contribution is 0.796. The van der Waals surface area contributed by atoms with Gasteiger partial charge in [-0.1, -0.05) is 126 Å². The predicted molar refractivity (Wildman–Crippen MR) is 166 cm³/mol. The lowest BCUT2D eigenvalue weighted by Gasteiger charge is -2.27. The fourth-order valence-corrected chi connectivity index (χ4v) is 6.09. The molecule has 194 valence electrons. The van der Waals surface area contributed by atoms with Crippen molar-refractivity contribution >= 4 is 27.8 Å². The Labute approximate surface area is 231 Å². The normalized spacial score (nSPS) is 12.6. The monoisotopic (exact) mass is 518 g/mol. The van der Waals surface area contributed by atoms with Gasteiger partial charge in [-0.3, -0.25) is 0 Å². The summed E-state index contributed by atoms with van der Waals surface area (Å²) in [5.74, 6) is 1.31. The van der Waals surface area contributed by atoms with E-state index < -0.39 is 0 Å². The molecular formula is C35H38N2S. The number of hydrogen-bond donors (Lipinski definition) is 1. The SMILES string of the molecule is CC(C)c1cc(C(C)C)c(NC(c2ccccc2)c2nc(-c3cccc4ccccc34)cs2)c(C(C)C)c1. The van der Waals surface area contributed by atoms with Gasteiger partial charge in [0.05, 0.1) is 5.69 Å². The van der Waals surface area contributed by atoms with Gasteiger partial charge in [0.15, 0.2) is 0 Å². The van der Waals surface area contributed by atoms with Crippen LogP contribution in [0.1, 0.15) is 92.6 Å². The number of rotatable bonds is 8. The molecule has 3 heteroatoms. The summed E-state index contributed by atoms with van der Waals surface area (Å²) in [6.07, 6.45) is 0. The van der Waals surface area contributed by atoms with Gasteiger partial charge in [0.1, 0.15) is 11.0 Å². The van der Waals surface area contributed by atoms with E-state index in [-0.39, 0.29) is 6.04 Å². The van der Waals surface area contributed by atoms with Gasteiger partial charge >= 0.3 is 0 Å². The van der Waals surface area contributed by atoms with Gasteiger partial charge in [-0.2, -0.15) is 0 Å². The first-order valence-electron chi connectivity index (χ1n) is 13.8. The van der Waals surface area contributed by atoms with Crippen molar-refractivity contribution < 1.29 is 0 Å². The number of nitrogens with zero attached hydrogens (tertiary/aromatic N) is 1. The summed E-state index contributed by atoms with van der Waals surface area (Å²) in [6.45, 7) is 13.8. The Morgan fingerprint density at radius 2 is 1.29 bits per heavy atom. The van der Waals surface area contributed by atoms with E-state index in [0.29, 0.717) is 17.8 Å². The topological polar surface area (TPSA) is 24.9 Å². The highest BCUT2D eigenvalue weighted by molar-refractivity contribution is 7.10. The van der Waals surface area contributed by atoms with Gasteiger partial charge in [-0.05, 0) is 50.8 Å². The number of fused-ring (bicyclic) bond motifs is 1. The molecule has 0 radical (unpaired) electrons. The van der Waals surface area contributed by atoms with Gasteiger partial charge in [0, 0.05) is 16.6 Å². The maximum absolute atomic E-state index is 5.25. The van der Waals surface area contributed by atoms with Crippen molar-refractivity contribution in [1.29, 1.82) is 0 Å². The standard InChI is InChI=1S/C35H38N2S/c1-22(2)27-19-30(23(3)4)34(31(20-27)24(5)6)37-33(26-14-8-7-9-15-26)35-36-32(21-38-35)29-18-12-16-25-13-10-11-17-28(25)29/h7-24,33,37H,1-6H3. The minimum absolute atomic E-state index is 0.0372. The van der Waals surface area contributed by atoms with Crippen LogP contribution in [-0.2, 0) is 0 Å². The van der Waals surface area contributed by atoms with Crippen molar-refractivity contribution in [3.8, 4) is 11.3 Å². The Morgan fingerprint density at radius 1 is 0.658 bits per heavy atom. The van der Waals surface area contributed by atoms with Gasteiger partial charge in [0.25, 0.3) is 0 Å². The molecule has 1 N–H and O–H groups in total. The molecule has 0 aliphatic heterocycles.